The van der Waals surface area contributed by atoms with Crippen LogP contribution in [0.3, 0.4) is 0 Å². The van der Waals surface area contributed by atoms with Crippen LogP contribution in [0.5, 0.6) is 0 Å². The quantitative estimate of drug-likeness (QED) is 0.0199. The number of aliphatic hydroxyl groups excluding tert-OH is 11. The molecule has 0 saturated carbocycles. The molecule has 17 unspecified atom stereocenters. The Morgan fingerprint density at radius 2 is 0.745 bits per heavy atom. The fourth-order valence-electron chi connectivity index (χ4n) is 12.0. The van der Waals surface area contributed by atoms with E-state index in [0.29, 0.717) is 12.8 Å². The third-order valence-electron chi connectivity index (χ3n) is 17.9. The molecule has 3 fully saturated rings. The van der Waals surface area contributed by atoms with Gasteiger partial charge in [0.25, 0.3) is 0 Å². The minimum absolute atomic E-state index is 0.209. The van der Waals surface area contributed by atoms with Crippen molar-refractivity contribution < 1.29 is 89.4 Å². The van der Waals surface area contributed by atoms with E-state index in [9.17, 15) is 61.0 Å². The first-order chi connectivity index (χ1) is 45.8. The number of rotatable bonds is 56. The molecule has 0 spiro atoms. The Kier molecular flexibility index (Phi) is 50.6. The van der Waals surface area contributed by atoms with Gasteiger partial charge in [-0.1, -0.05) is 253 Å². The minimum atomic E-state index is -1.99. The van der Waals surface area contributed by atoms with Crippen molar-refractivity contribution in [2.24, 2.45) is 0 Å². The van der Waals surface area contributed by atoms with Gasteiger partial charge < -0.3 is 89.9 Å². The van der Waals surface area contributed by atoms with Crippen LogP contribution in [0.2, 0.25) is 0 Å². The largest absolute Gasteiger partial charge is 0.394 e. The molecular formula is C75H131NO18. The number of ether oxygens (including phenoxy) is 6. The van der Waals surface area contributed by atoms with E-state index in [0.717, 1.165) is 83.5 Å². The summed E-state index contributed by atoms with van der Waals surface area (Å²) in [5.41, 5.74) is 0. The number of aliphatic hydroxyl groups is 11. The zero-order chi connectivity index (χ0) is 68.2. The number of carbonyl (C=O) groups excluding carboxylic acids is 1. The van der Waals surface area contributed by atoms with Gasteiger partial charge in [0.15, 0.2) is 18.9 Å². The molecule has 19 nitrogen and oxygen atoms in total. The molecule has 17 atom stereocenters. The Hall–Kier alpha value is -3.03. The van der Waals surface area contributed by atoms with Gasteiger partial charge >= 0.3 is 0 Å². The Labute approximate surface area is 565 Å². The van der Waals surface area contributed by atoms with Gasteiger partial charge in [0.2, 0.25) is 5.91 Å². The lowest BCUT2D eigenvalue weighted by Crippen LogP contribution is -2.66. The van der Waals surface area contributed by atoms with Gasteiger partial charge in [0, 0.05) is 6.42 Å². The van der Waals surface area contributed by atoms with Gasteiger partial charge in [-0.25, -0.2) is 0 Å². The van der Waals surface area contributed by atoms with Crippen LogP contribution in [-0.2, 0) is 33.2 Å². The van der Waals surface area contributed by atoms with Gasteiger partial charge in [0.05, 0.1) is 38.6 Å². The molecule has 0 aromatic carbocycles. The first-order valence-corrected chi connectivity index (χ1v) is 36.8. The number of unbranched alkanes of at least 4 members (excludes halogenated alkanes) is 28. The van der Waals surface area contributed by atoms with Gasteiger partial charge in [0.1, 0.15) is 73.2 Å². The van der Waals surface area contributed by atoms with Crippen molar-refractivity contribution in [2.45, 2.75) is 356 Å². The summed E-state index contributed by atoms with van der Waals surface area (Å²) in [6.07, 6.45) is 45.7. The molecule has 3 saturated heterocycles. The van der Waals surface area contributed by atoms with Crippen LogP contribution in [0.25, 0.3) is 0 Å². The highest BCUT2D eigenvalue weighted by molar-refractivity contribution is 5.76. The molecule has 94 heavy (non-hydrogen) atoms. The van der Waals surface area contributed by atoms with E-state index in [-0.39, 0.29) is 18.9 Å². The molecule has 0 bridgehead atoms. The van der Waals surface area contributed by atoms with Gasteiger partial charge in [-0.2, -0.15) is 0 Å². The summed E-state index contributed by atoms with van der Waals surface area (Å²) >= 11 is 0. The molecule has 0 radical (unpaired) electrons. The molecule has 3 aliphatic rings. The zero-order valence-corrected chi connectivity index (χ0v) is 57.7. The predicted octanol–water partition coefficient (Wildman–Crippen LogP) is 10.7. The molecule has 3 aliphatic heterocycles. The molecule has 0 aliphatic carbocycles. The summed E-state index contributed by atoms with van der Waals surface area (Å²) in [7, 11) is 0. The number of allylic oxidation sites excluding steroid dienone is 13. The average Bonchev–Trinajstić information content (AvgIpc) is 0.787. The Balaban J connectivity index is 1.44. The maximum Gasteiger partial charge on any atom is 0.220 e. The fourth-order valence-corrected chi connectivity index (χ4v) is 12.0. The van der Waals surface area contributed by atoms with E-state index in [1.54, 1.807) is 6.08 Å². The van der Waals surface area contributed by atoms with Crippen molar-refractivity contribution in [3.63, 3.8) is 0 Å². The fraction of sp³-hybridized carbons (Fsp3) is 0.800. The lowest BCUT2D eigenvalue weighted by molar-refractivity contribution is -0.379. The maximum absolute atomic E-state index is 13.4. The predicted molar refractivity (Wildman–Crippen MR) is 369 cm³/mol. The summed E-state index contributed by atoms with van der Waals surface area (Å²) in [6.45, 7) is 1.60. The summed E-state index contributed by atoms with van der Waals surface area (Å²) in [5.74, 6) is -0.305. The summed E-state index contributed by atoms with van der Waals surface area (Å²) in [4.78, 5) is 13.4. The van der Waals surface area contributed by atoms with Crippen LogP contribution in [0, 0.1) is 0 Å². The molecular weight excluding hydrogens is 1200 g/mol. The molecule has 0 aromatic heterocycles. The second-order valence-electron chi connectivity index (χ2n) is 26.0. The van der Waals surface area contributed by atoms with Crippen molar-refractivity contribution in [1.29, 1.82) is 0 Å². The number of nitrogens with one attached hydrogen (secondary N) is 1. The monoisotopic (exact) mass is 1330 g/mol. The van der Waals surface area contributed by atoms with Crippen molar-refractivity contribution in [1.82, 2.24) is 5.32 Å². The van der Waals surface area contributed by atoms with Gasteiger partial charge in [-0.05, 0) is 77.0 Å². The van der Waals surface area contributed by atoms with Crippen LogP contribution in [0.15, 0.2) is 85.1 Å². The maximum atomic E-state index is 13.4. The molecule has 19 heteroatoms. The van der Waals surface area contributed by atoms with E-state index >= 15 is 0 Å². The third kappa shape index (κ3) is 36.7. The number of amides is 1. The first-order valence-electron chi connectivity index (χ1n) is 36.8. The Bertz CT molecular complexity index is 2030. The van der Waals surface area contributed by atoms with E-state index in [2.05, 4.69) is 92.1 Å². The topological polar surface area (TPSA) is 307 Å². The van der Waals surface area contributed by atoms with Crippen LogP contribution in [0.4, 0.5) is 0 Å². The smallest absolute Gasteiger partial charge is 0.220 e. The van der Waals surface area contributed by atoms with Gasteiger partial charge in [-0.3, -0.25) is 4.79 Å². The van der Waals surface area contributed by atoms with Crippen molar-refractivity contribution >= 4 is 5.91 Å². The second kappa shape index (κ2) is 55.8. The molecule has 0 aromatic rings. The van der Waals surface area contributed by atoms with Crippen LogP contribution >= 0.6 is 0 Å². The van der Waals surface area contributed by atoms with Crippen molar-refractivity contribution in [3.05, 3.63) is 85.1 Å². The molecule has 3 rings (SSSR count). The van der Waals surface area contributed by atoms with Crippen LogP contribution in [0.1, 0.15) is 251 Å². The lowest BCUT2D eigenvalue weighted by atomic mass is 9.96. The zero-order valence-electron chi connectivity index (χ0n) is 57.7. The lowest BCUT2D eigenvalue weighted by Gasteiger charge is -2.48. The summed E-state index contributed by atoms with van der Waals surface area (Å²) in [5, 5.41) is 121. The van der Waals surface area contributed by atoms with E-state index in [1.165, 1.54) is 135 Å². The molecule has 1 amide bonds. The average molecular weight is 1330 g/mol. The number of hydrogen-bond acceptors (Lipinski definition) is 18. The second-order valence-corrected chi connectivity index (χ2v) is 26.0. The normalized spacial score (nSPS) is 27.9. The molecule has 544 valence electrons. The summed E-state index contributed by atoms with van der Waals surface area (Å²) < 4.78 is 34.4. The standard InChI is InChI=1S/C75H131NO18/c1-3-5-7-9-11-13-15-17-19-21-23-25-26-27-28-29-30-31-33-34-36-38-40-42-44-46-48-50-52-59(80)58(76-63(81)53-51-49-47-45-43-41-39-37-35-32-24-22-20-18-16-14-12-10-8-6-4-2)57-89-73-69(87)66(84)71(61(55-78)91-73)94-75-70(88)67(85)72(62(56-79)92-75)93-74-68(86)65(83)64(82)60(54-77)90-74/h6,8,12,14,18,20,24,32,37,39,42,44,50,52,58-62,64-75,77-80,82-88H,3-5,7,9-11,13,15-17,19,21-23,25-31,33-36,38,40-41,43,45-49,51,53-57H2,1-2H3,(H,76,81)/b8-6-,14-12-,20-18-,32-24-,39-37-,44-42+,52-50+. The summed E-state index contributed by atoms with van der Waals surface area (Å²) in [6, 6.07) is -1.01. The molecule has 3 heterocycles. The highest BCUT2D eigenvalue weighted by Gasteiger charge is 2.53. The Morgan fingerprint density at radius 3 is 1.19 bits per heavy atom. The van der Waals surface area contributed by atoms with Gasteiger partial charge in [-0.15, -0.1) is 0 Å². The van der Waals surface area contributed by atoms with E-state index in [4.69, 9.17) is 28.4 Å². The highest BCUT2D eigenvalue weighted by Crippen LogP contribution is 2.33. The SMILES string of the molecule is CC/C=C\C/C=C\C/C=C\C/C=C\C/C=C\CCCCCCCC(=O)NC(COC1OC(CO)C(OC2OC(CO)C(OC3OC(CO)C(O)C(O)C3O)C(O)C2O)C(O)C1O)C(O)/C=C/CC/C=C/CCCCCCCCCCCCCCCCCCCCCCCC. The number of carbonyl (C=O) groups is 1. The number of hydrogen-bond donors (Lipinski definition) is 12. The molecule has 12 N–H and O–H groups in total. The van der Waals surface area contributed by atoms with Crippen LogP contribution < -0.4 is 5.32 Å². The Morgan fingerprint density at radius 1 is 0.394 bits per heavy atom. The van der Waals surface area contributed by atoms with Crippen molar-refractivity contribution in [3.8, 4) is 0 Å². The first kappa shape index (κ1) is 85.2. The van der Waals surface area contributed by atoms with E-state index < -0.39 is 124 Å². The third-order valence-corrected chi connectivity index (χ3v) is 17.9. The highest BCUT2D eigenvalue weighted by atomic mass is 16.8. The van der Waals surface area contributed by atoms with Crippen molar-refractivity contribution in [2.75, 3.05) is 26.4 Å². The minimum Gasteiger partial charge on any atom is -0.394 e. The van der Waals surface area contributed by atoms with Crippen LogP contribution in [-0.4, -0.2) is 193 Å². The van der Waals surface area contributed by atoms with E-state index in [1.807, 2.05) is 6.08 Å².